The van der Waals surface area contributed by atoms with E-state index in [1.165, 1.54) is 12.1 Å². The topological polar surface area (TPSA) is 94.4 Å². The van der Waals surface area contributed by atoms with Gasteiger partial charge in [0.15, 0.2) is 0 Å². The molecular weight excluding hydrogens is 262 g/mol. The summed E-state index contributed by atoms with van der Waals surface area (Å²) in [6, 6.07) is 7.79. The van der Waals surface area contributed by atoms with Crippen LogP contribution in [-0.2, 0) is 9.53 Å². The van der Waals surface area contributed by atoms with E-state index in [0.717, 1.165) is 0 Å². The highest BCUT2D eigenvalue weighted by molar-refractivity contribution is 5.83. The molecular formula is C13H13N3O4. The fourth-order valence-electron chi connectivity index (χ4n) is 1.70. The molecule has 0 spiro atoms. The minimum Gasteiger partial charge on any atom is -0.465 e. The molecule has 2 rings (SSSR count). The quantitative estimate of drug-likeness (QED) is 0.510. The highest BCUT2D eigenvalue weighted by Gasteiger charge is 2.07. The number of non-ortho nitro benzene ring substituents is 1. The van der Waals surface area contributed by atoms with Gasteiger partial charge in [-0.05, 0) is 25.1 Å². The summed E-state index contributed by atoms with van der Waals surface area (Å²) in [7, 11) is 0. The molecule has 0 aliphatic heterocycles. The lowest BCUT2D eigenvalue weighted by Crippen LogP contribution is -2.17. The van der Waals surface area contributed by atoms with Gasteiger partial charge in [-0.3, -0.25) is 14.9 Å². The van der Waals surface area contributed by atoms with E-state index in [0.29, 0.717) is 23.3 Å². The summed E-state index contributed by atoms with van der Waals surface area (Å²) >= 11 is 0. The third-order valence-corrected chi connectivity index (χ3v) is 2.60. The van der Waals surface area contributed by atoms with Gasteiger partial charge in [0, 0.05) is 17.5 Å². The smallest absolute Gasteiger partial charge is 0.325 e. The summed E-state index contributed by atoms with van der Waals surface area (Å²) in [5, 5.41) is 14.2. The third kappa shape index (κ3) is 3.19. The number of rotatable bonds is 5. The summed E-state index contributed by atoms with van der Waals surface area (Å²) in [6.07, 6.45) is 0. The number of carbonyl (C=O) groups is 1. The fraction of sp³-hybridized carbons (Fsp3) is 0.231. The van der Waals surface area contributed by atoms with Gasteiger partial charge in [-0.15, -0.1) is 0 Å². The maximum atomic E-state index is 11.2. The lowest BCUT2D eigenvalue weighted by atomic mass is 10.2. The van der Waals surface area contributed by atoms with E-state index < -0.39 is 4.92 Å². The predicted molar refractivity (Wildman–Crippen MR) is 73.5 cm³/mol. The molecule has 7 heteroatoms. The molecule has 0 aliphatic carbocycles. The number of pyridine rings is 1. The number of hydrogen-bond acceptors (Lipinski definition) is 6. The number of aromatic nitrogens is 1. The zero-order valence-electron chi connectivity index (χ0n) is 10.8. The first kappa shape index (κ1) is 13.7. The number of nitrogens with zero attached hydrogens (tertiary/aromatic N) is 2. The minimum absolute atomic E-state index is 0.0199. The number of nitrogens with one attached hydrogen (secondary N) is 1. The second kappa shape index (κ2) is 5.96. The fourth-order valence-corrected chi connectivity index (χ4v) is 1.70. The Kier molecular flexibility index (Phi) is 4.09. The SMILES string of the molecule is CCOC(=O)CNc1ccc2cc([N+](=O)[O-])ccc2n1. The highest BCUT2D eigenvalue weighted by atomic mass is 16.6. The van der Waals surface area contributed by atoms with Crippen molar-refractivity contribution in [2.75, 3.05) is 18.5 Å². The average molecular weight is 275 g/mol. The van der Waals surface area contributed by atoms with Crippen molar-refractivity contribution in [3.63, 3.8) is 0 Å². The van der Waals surface area contributed by atoms with E-state index in [2.05, 4.69) is 10.3 Å². The molecule has 0 saturated carbocycles. The van der Waals surface area contributed by atoms with Gasteiger partial charge in [0.2, 0.25) is 0 Å². The van der Waals surface area contributed by atoms with Crippen molar-refractivity contribution in [3.05, 3.63) is 40.4 Å². The molecule has 7 nitrogen and oxygen atoms in total. The molecule has 0 bridgehead atoms. The van der Waals surface area contributed by atoms with E-state index >= 15 is 0 Å². The monoisotopic (exact) mass is 275 g/mol. The number of carbonyl (C=O) groups excluding carboxylic acids is 1. The average Bonchev–Trinajstić information content (AvgIpc) is 2.44. The van der Waals surface area contributed by atoms with Crippen molar-refractivity contribution in [1.29, 1.82) is 0 Å². The maximum absolute atomic E-state index is 11.2. The van der Waals surface area contributed by atoms with Crippen molar-refractivity contribution >= 4 is 28.4 Å². The van der Waals surface area contributed by atoms with E-state index in [-0.39, 0.29) is 18.2 Å². The standard InChI is InChI=1S/C13H13N3O4/c1-2-20-13(17)8-14-12-6-3-9-7-10(16(18)19)4-5-11(9)15-12/h3-7H,2,8H2,1H3,(H,14,15). The maximum Gasteiger partial charge on any atom is 0.325 e. The van der Waals surface area contributed by atoms with Gasteiger partial charge < -0.3 is 10.1 Å². The number of anilines is 1. The molecule has 1 heterocycles. The number of benzene rings is 1. The van der Waals surface area contributed by atoms with Crippen molar-refractivity contribution in [2.45, 2.75) is 6.92 Å². The summed E-state index contributed by atoms with van der Waals surface area (Å²) in [5.41, 5.74) is 0.635. The first-order valence-electron chi connectivity index (χ1n) is 6.05. The van der Waals surface area contributed by atoms with Crippen LogP contribution in [0, 0.1) is 10.1 Å². The molecule has 0 fully saturated rings. The van der Waals surface area contributed by atoms with Crippen LogP contribution in [0.2, 0.25) is 0 Å². The third-order valence-electron chi connectivity index (χ3n) is 2.60. The predicted octanol–water partition coefficient (Wildman–Crippen LogP) is 2.12. The summed E-state index contributed by atoms with van der Waals surface area (Å²) in [6.45, 7) is 2.09. The molecule has 0 amide bonds. The van der Waals surface area contributed by atoms with Crippen LogP contribution in [-0.4, -0.2) is 29.0 Å². The van der Waals surface area contributed by atoms with Crippen LogP contribution in [0.4, 0.5) is 11.5 Å². The van der Waals surface area contributed by atoms with Gasteiger partial charge in [0.25, 0.3) is 5.69 Å². The van der Waals surface area contributed by atoms with E-state index in [4.69, 9.17) is 4.74 Å². The van der Waals surface area contributed by atoms with Gasteiger partial charge >= 0.3 is 5.97 Å². The Bertz CT molecular complexity index is 657. The largest absolute Gasteiger partial charge is 0.465 e. The first-order valence-corrected chi connectivity index (χ1v) is 6.05. The highest BCUT2D eigenvalue weighted by Crippen LogP contribution is 2.20. The van der Waals surface area contributed by atoms with Crippen LogP contribution in [0.1, 0.15) is 6.92 Å². The number of fused-ring (bicyclic) bond motifs is 1. The molecule has 0 aliphatic rings. The van der Waals surface area contributed by atoms with Crippen LogP contribution in [0.25, 0.3) is 10.9 Å². The van der Waals surface area contributed by atoms with Gasteiger partial charge in [-0.2, -0.15) is 0 Å². The van der Waals surface area contributed by atoms with Gasteiger partial charge in [0.05, 0.1) is 17.0 Å². The molecule has 104 valence electrons. The van der Waals surface area contributed by atoms with Crippen molar-refractivity contribution in [1.82, 2.24) is 4.98 Å². The van der Waals surface area contributed by atoms with Crippen LogP contribution >= 0.6 is 0 Å². The summed E-state index contributed by atoms with van der Waals surface area (Å²) in [4.78, 5) is 25.7. The van der Waals surface area contributed by atoms with Crippen LogP contribution in [0.15, 0.2) is 30.3 Å². The molecule has 0 radical (unpaired) electrons. The van der Waals surface area contributed by atoms with E-state index in [1.807, 2.05) is 0 Å². The first-order chi connectivity index (χ1) is 9.60. The number of ether oxygens (including phenoxy) is 1. The second-order valence-electron chi connectivity index (χ2n) is 3.99. The van der Waals surface area contributed by atoms with Crippen LogP contribution < -0.4 is 5.32 Å². The lowest BCUT2D eigenvalue weighted by Gasteiger charge is -2.06. The molecule has 2 aromatic rings. The normalized spacial score (nSPS) is 10.2. The lowest BCUT2D eigenvalue weighted by molar-refractivity contribution is -0.384. The van der Waals surface area contributed by atoms with Gasteiger partial charge in [-0.25, -0.2) is 4.98 Å². The zero-order chi connectivity index (χ0) is 14.5. The van der Waals surface area contributed by atoms with E-state index in [1.54, 1.807) is 25.1 Å². The van der Waals surface area contributed by atoms with Crippen molar-refractivity contribution in [2.24, 2.45) is 0 Å². The van der Waals surface area contributed by atoms with Crippen molar-refractivity contribution in [3.8, 4) is 0 Å². The Morgan fingerprint density at radius 3 is 2.90 bits per heavy atom. The molecule has 20 heavy (non-hydrogen) atoms. The number of esters is 1. The Balaban J connectivity index is 2.15. The number of nitro groups is 1. The number of hydrogen-bond donors (Lipinski definition) is 1. The molecule has 0 atom stereocenters. The van der Waals surface area contributed by atoms with Crippen LogP contribution in [0.5, 0.6) is 0 Å². The molecule has 0 unspecified atom stereocenters. The van der Waals surface area contributed by atoms with E-state index in [9.17, 15) is 14.9 Å². The Hall–Kier alpha value is -2.70. The molecule has 1 N–H and O–H groups in total. The second-order valence-corrected chi connectivity index (χ2v) is 3.99. The van der Waals surface area contributed by atoms with Gasteiger partial charge in [0.1, 0.15) is 12.4 Å². The zero-order valence-corrected chi connectivity index (χ0v) is 10.8. The molecule has 1 aromatic heterocycles. The Morgan fingerprint density at radius 2 is 2.20 bits per heavy atom. The molecule has 0 saturated heterocycles. The molecule has 1 aromatic carbocycles. The minimum atomic E-state index is -0.452. The van der Waals surface area contributed by atoms with Crippen molar-refractivity contribution < 1.29 is 14.5 Å². The van der Waals surface area contributed by atoms with Crippen LogP contribution in [0.3, 0.4) is 0 Å². The van der Waals surface area contributed by atoms with Gasteiger partial charge in [-0.1, -0.05) is 0 Å². The number of nitro benzene ring substituents is 1. The Morgan fingerprint density at radius 1 is 1.40 bits per heavy atom. The summed E-state index contributed by atoms with van der Waals surface area (Å²) in [5.74, 6) is 0.150. The Labute approximate surface area is 114 Å². The summed E-state index contributed by atoms with van der Waals surface area (Å²) < 4.78 is 4.79.